The number of pyridine rings is 1. The van der Waals surface area contributed by atoms with Crippen LogP contribution < -0.4 is 5.73 Å². The van der Waals surface area contributed by atoms with Gasteiger partial charge in [0.1, 0.15) is 11.7 Å². The molecule has 0 bridgehead atoms. The maximum Gasteiger partial charge on any atom is 0.121 e. The molecule has 0 fully saturated rings. The zero-order valence-corrected chi connectivity index (χ0v) is 14.7. The van der Waals surface area contributed by atoms with Gasteiger partial charge in [-0.1, -0.05) is 23.8 Å². The van der Waals surface area contributed by atoms with Gasteiger partial charge in [0.25, 0.3) is 0 Å². The van der Waals surface area contributed by atoms with Gasteiger partial charge in [0.2, 0.25) is 0 Å². The van der Waals surface area contributed by atoms with E-state index in [0.29, 0.717) is 19.4 Å². The van der Waals surface area contributed by atoms with E-state index in [4.69, 9.17) is 5.73 Å². The predicted molar refractivity (Wildman–Crippen MR) is 97.7 cm³/mol. The Bertz CT molecular complexity index is 655. The number of aromatic nitrogens is 1. The zero-order chi connectivity index (χ0) is 17.9. The summed E-state index contributed by atoms with van der Waals surface area (Å²) in [6.45, 7) is 5.98. The second-order valence-electron chi connectivity index (χ2n) is 5.76. The Labute approximate surface area is 143 Å². The monoisotopic (exact) mass is 332 g/mol. The van der Waals surface area contributed by atoms with Crippen molar-refractivity contribution in [2.24, 2.45) is 5.73 Å². The summed E-state index contributed by atoms with van der Waals surface area (Å²) in [6, 6.07) is 1.95. The molecule has 1 rings (SSSR count). The minimum Gasteiger partial charge on any atom is -0.327 e. The molecule has 1 aromatic heterocycles. The summed E-state index contributed by atoms with van der Waals surface area (Å²) < 4.78 is 26.6. The third-order valence-corrected chi connectivity index (χ3v) is 3.61. The highest BCUT2D eigenvalue weighted by Crippen LogP contribution is 2.20. The Morgan fingerprint density at radius 2 is 2.00 bits per heavy atom. The van der Waals surface area contributed by atoms with Gasteiger partial charge in [-0.05, 0) is 62.8 Å². The van der Waals surface area contributed by atoms with Gasteiger partial charge in [0.05, 0.1) is 0 Å². The lowest BCUT2D eigenvalue weighted by molar-refractivity contribution is 0.562. The molecule has 130 valence electrons. The smallest absolute Gasteiger partial charge is 0.121 e. The summed E-state index contributed by atoms with van der Waals surface area (Å²) in [5.41, 5.74) is 9.96. The Morgan fingerprint density at radius 3 is 2.62 bits per heavy atom. The van der Waals surface area contributed by atoms with Crippen molar-refractivity contribution in [1.82, 2.24) is 4.98 Å². The molecule has 0 saturated carbocycles. The van der Waals surface area contributed by atoms with Crippen LogP contribution in [0.15, 0.2) is 59.5 Å². The van der Waals surface area contributed by atoms with Crippen molar-refractivity contribution in [3.63, 3.8) is 0 Å². The molecule has 0 amide bonds. The number of aryl methyl sites for hydroxylation is 1. The van der Waals surface area contributed by atoms with E-state index in [2.05, 4.69) is 11.1 Å². The van der Waals surface area contributed by atoms with E-state index in [1.54, 1.807) is 6.20 Å². The van der Waals surface area contributed by atoms with Crippen molar-refractivity contribution in [3.05, 3.63) is 70.6 Å². The Balaban J connectivity index is 2.85. The van der Waals surface area contributed by atoms with Gasteiger partial charge in [-0.2, -0.15) is 0 Å². The van der Waals surface area contributed by atoms with Crippen LogP contribution in [0.2, 0.25) is 0 Å². The first-order valence-corrected chi connectivity index (χ1v) is 8.12. The molecule has 0 radical (unpaired) electrons. The topological polar surface area (TPSA) is 38.9 Å². The van der Waals surface area contributed by atoms with Crippen molar-refractivity contribution in [2.45, 2.75) is 40.0 Å². The van der Waals surface area contributed by atoms with Gasteiger partial charge in [-0.3, -0.25) is 4.98 Å². The predicted octanol–water partition coefficient (Wildman–Crippen LogP) is 5.58. The molecule has 1 aromatic rings. The van der Waals surface area contributed by atoms with Crippen LogP contribution in [0.4, 0.5) is 8.78 Å². The summed E-state index contributed by atoms with van der Waals surface area (Å²) >= 11 is 0. The van der Waals surface area contributed by atoms with Crippen molar-refractivity contribution in [2.75, 3.05) is 6.54 Å². The van der Waals surface area contributed by atoms with E-state index in [1.807, 2.05) is 32.2 Å². The summed E-state index contributed by atoms with van der Waals surface area (Å²) in [4.78, 5) is 4.09. The molecule has 0 unspecified atom stereocenters. The third kappa shape index (κ3) is 7.47. The minimum absolute atomic E-state index is 0.212. The number of nitrogens with zero attached hydrogens (tertiary/aromatic N) is 1. The summed E-state index contributed by atoms with van der Waals surface area (Å²) in [7, 11) is 0. The highest BCUT2D eigenvalue weighted by atomic mass is 19.1. The molecule has 1 heterocycles. The molecule has 0 aliphatic heterocycles. The van der Waals surface area contributed by atoms with Crippen molar-refractivity contribution in [1.29, 1.82) is 0 Å². The summed E-state index contributed by atoms with van der Waals surface area (Å²) in [5, 5.41) is 0. The number of rotatable bonds is 8. The highest BCUT2D eigenvalue weighted by molar-refractivity contribution is 5.58. The quantitative estimate of drug-likeness (QED) is 0.632. The second kappa shape index (κ2) is 10.7. The van der Waals surface area contributed by atoms with Crippen molar-refractivity contribution < 1.29 is 8.78 Å². The van der Waals surface area contributed by atoms with Gasteiger partial charge < -0.3 is 5.73 Å². The van der Waals surface area contributed by atoms with E-state index in [-0.39, 0.29) is 6.42 Å². The first-order valence-electron chi connectivity index (χ1n) is 8.12. The molecule has 0 aliphatic rings. The maximum atomic E-state index is 13.6. The fourth-order valence-electron chi connectivity index (χ4n) is 2.17. The van der Waals surface area contributed by atoms with Gasteiger partial charge >= 0.3 is 0 Å². The Hall–Kier alpha value is -2.07. The average molecular weight is 332 g/mol. The first-order chi connectivity index (χ1) is 11.5. The number of hydrogen-bond donors (Lipinski definition) is 1. The number of hydrogen-bond acceptors (Lipinski definition) is 2. The molecule has 0 aliphatic carbocycles. The molecule has 0 saturated heterocycles. The summed E-state index contributed by atoms with van der Waals surface area (Å²) in [5.74, 6) is -0.987. The zero-order valence-electron chi connectivity index (χ0n) is 14.7. The van der Waals surface area contributed by atoms with Crippen LogP contribution in [-0.4, -0.2) is 11.5 Å². The molecule has 0 spiro atoms. The SMILES string of the molecule is C/C=C(F)\C=C(\F)CCCC(/C=C(/C)CN)=C/c1ccncc1C. The van der Waals surface area contributed by atoms with Gasteiger partial charge in [-0.15, -0.1) is 0 Å². The molecular weight excluding hydrogens is 306 g/mol. The fraction of sp³-hybridized carbons (Fsp3) is 0.350. The van der Waals surface area contributed by atoms with Gasteiger partial charge in [0.15, 0.2) is 0 Å². The van der Waals surface area contributed by atoms with E-state index in [9.17, 15) is 8.78 Å². The van der Waals surface area contributed by atoms with Gasteiger partial charge in [0, 0.05) is 25.0 Å². The maximum absolute atomic E-state index is 13.6. The van der Waals surface area contributed by atoms with Crippen LogP contribution in [-0.2, 0) is 0 Å². The normalized spacial score (nSPS) is 14.2. The van der Waals surface area contributed by atoms with Crippen LogP contribution in [0.5, 0.6) is 0 Å². The molecule has 0 atom stereocenters. The molecule has 24 heavy (non-hydrogen) atoms. The van der Waals surface area contributed by atoms with Crippen LogP contribution >= 0.6 is 0 Å². The molecule has 2 nitrogen and oxygen atoms in total. The van der Waals surface area contributed by atoms with Crippen LogP contribution in [0.25, 0.3) is 6.08 Å². The highest BCUT2D eigenvalue weighted by Gasteiger charge is 2.02. The lowest BCUT2D eigenvalue weighted by atomic mass is 10.0. The number of nitrogens with two attached hydrogens (primary N) is 1. The van der Waals surface area contributed by atoms with Crippen LogP contribution in [0.1, 0.15) is 44.2 Å². The van der Waals surface area contributed by atoms with Crippen LogP contribution in [0, 0.1) is 6.92 Å². The first kappa shape index (κ1) is 20.0. The third-order valence-electron chi connectivity index (χ3n) is 3.61. The van der Waals surface area contributed by atoms with E-state index >= 15 is 0 Å². The Kier molecular flexibility index (Phi) is 8.87. The molecule has 2 N–H and O–H groups in total. The standard InChI is InChI=1S/C20H26F2N2/c1-4-19(21)12-20(22)7-5-6-17(10-15(2)13-23)11-18-8-9-24-14-16(18)3/h4,8-12,14H,5-7,13,23H2,1-3H3/b15-10-,17-11-,19-4+,20-12+. The Morgan fingerprint density at radius 1 is 1.25 bits per heavy atom. The molecular formula is C20H26F2N2. The average Bonchev–Trinajstić information content (AvgIpc) is 2.56. The lowest BCUT2D eigenvalue weighted by Gasteiger charge is -2.07. The van der Waals surface area contributed by atoms with E-state index in [0.717, 1.165) is 28.3 Å². The van der Waals surface area contributed by atoms with Crippen molar-refractivity contribution >= 4 is 6.08 Å². The van der Waals surface area contributed by atoms with E-state index in [1.165, 1.54) is 13.0 Å². The molecule has 4 heteroatoms. The summed E-state index contributed by atoms with van der Waals surface area (Å²) in [6.07, 6.45) is 11.4. The second-order valence-corrected chi connectivity index (χ2v) is 5.76. The van der Waals surface area contributed by atoms with E-state index < -0.39 is 11.7 Å². The number of halogens is 2. The minimum atomic E-state index is -0.547. The van der Waals surface area contributed by atoms with Crippen molar-refractivity contribution in [3.8, 4) is 0 Å². The number of allylic oxidation sites excluding steroid dienone is 6. The van der Waals surface area contributed by atoms with Crippen LogP contribution in [0.3, 0.4) is 0 Å². The fourth-order valence-corrected chi connectivity index (χ4v) is 2.17. The largest absolute Gasteiger partial charge is 0.327 e. The van der Waals surface area contributed by atoms with Gasteiger partial charge in [-0.25, -0.2) is 8.78 Å². The lowest BCUT2D eigenvalue weighted by Crippen LogP contribution is -2.00. The molecule has 0 aromatic carbocycles.